The Morgan fingerprint density at radius 1 is 1.38 bits per heavy atom. The summed E-state index contributed by atoms with van der Waals surface area (Å²) in [7, 11) is 0. The molecule has 2 heterocycles. The molecule has 2 aromatic rings. The summed E-state index contributed by atoms with van der Waals surface area (Å²) in [5, 5.41) is 7.30. The van der Waals surface area contributed by atoms with E-state index in [1.54, 1.807) is 12.1 Å². The summed E-state index contributed by atoms with van der Waals surface area (Å²) in [4.78, 5) is 6.68. The number of rotatable bonds is 3. The predicted molar refractivity (Wildman–Crippen MR) is 79.7 cm³/mol. The van der Waals surface area contributed by atoms with Gasteiger partial charge in [0.2, 0.25) is 11.7 Å². The Kier molecular flexibility index (Phi) is 5.27. The van der Waals surface area contributed by atoms with E-state index in [1.165, 1.54) is 12.1 Å². The molecular weight excluding hydrogens is 295 g/mol. The fraction of sp³-hybridized carbons (Fsp3) is 0.429. The molecule has 1 atom stereocenters. The van der Waals surface area contributed by atoms with Crippen LogP contribution in [0.15, 0.2) is 28.8 Å². The first-order valence-electron chi connectivity index (χ1n) is 6.75. The second kappa shape index (κ2) is 6.98. The average molecular weight is 313 g/mol. The molecule has 0 aliphatic carbocycles. The number of halogens is 2. The summed E-state index contributed by atoms with van der Waals surface area (Å²) < 4.78 is 18.2. The van der Waals surface area contributed by atoms with Crippen molar-refractivity contribution in [3.05, 3.63) is 36.0 Å². The quantitative estimate of drug-likeness (QED) is 0.940. The van der Waals surface area contributed by atoms with Crippen LogP contribution in [-0.4, -0.2) is 40.7 Å². The zero-order valence-corrected chi connectivity index (χ0v) is 12.6. The average Bonchev–Trinajstić information content (AvgIpc) is 2.91. The van der Waals surface area contributed by atoms with Gasteiger partial charge in [0.15, 0.2) is 0 Å². The van der Waals surface area contributed by atoms with E-state index in [4.69, 9.17) is 4.52 Å². The Morgan fingerprint density at radius 3 is 2.86 bits per heavy atom. The summed E-state index contributed by atoms with van der Waals surface area (Å²) in [6.45, 7) is 5.73. The van der Waals surface area contributed by atoms with E-state index in [1.807, 2.05) is 0 Å². The van der Waals surface area contributed by atoms with Crippen LogP contribution in [0, 0.1) is 5.82 Å². The van der Waals surface area contributed by atoms with Crippen molar-refractivity contribution in [2.75, 3.05) is 19.6 Å². The minimum absolute atomic E-state index is 0. The van der Waals surface area contributed by atoms with Crippen LogP contribution in [0.25, 0.3) is 11.4 Å². The zero-order valence-electron chi connectivity index (χ0n) is 11.8. The number of benzene rings is 1. The summed E-state index contributed by atoms with van der Waals surface area (Å²) in [6.07, 6.45) is 0. The topological polar surface area (TPSA) is 54.2 Å². The molecule has 1 aliphatic rings. The van der Waals surface area contributed by atoms with Crippen molar-refractivity contribution in [2.24, 2.45) is 0 Å². The van der Waals surface area contributed by atoms with Gasteiger partial charge < -0.3 is 9.84 Å². The lowest BCUT2D eigenvalue weighted by atomic mass is 10.2. The minimum atomic E-state index is -0.271. The highest BCUT2D eigenvalue weighted by Gasteiger charge is 2.20. The van der Waals surface area contributed by atoms with Crippen molar-refractivity contribution >= 4 is 12.4 Å². The number of piperazine rings is 1. The van der Waals surface area contributed by atoms with Gasteiger partial charge in [-0.3, -0.25) is 4.90 Å². The Morgan fingerprint density at radius 2 is 2.14 bits per heavy atom. The van der Waals surface area contributed by atoms with Gasteiger partial charge in [-0.15, -0.1) is 12.4 Å². The summed E-state index contributed by atoms with van der Waals surface area (Å²) in [6, 6.07) is 6.53. The van der Waals surface area contributed by atoms with E-state index in [2.05, 4.69) is 27.3 Å². The highest BCUT2D eigenvalue weighted by molar-refractivity contribution is 5.85. The van der Waals surface area contributed by atoms with Gasteiger partial charge in [0.1, 0.15) is 5.82 Å². The minimum Gasteiger partial charge on any atom is -0.338 e. The maximum atomic E-state index is 12.9. The number of hydrogen-bond donors (Lipinski definition) is 1. The molecule has 0 amide bonds. The van der Waals surface area contributed by atoms with Crippen molar-refractivity contribution in [1.29, 1.82) is 0 Å². The van der Waals surface area contributed by atoms with Crippen LogP contribution in [0.1, 0.15) is 12.8 Å². The highest BCUT2D eigenvalue weighted by atomic mass is 35.5. The van der Waals surface area contributed by atoms with Gasteiger partial charge in [-0.1, -0.05) is 5.16 Å². The molecule has 1 fully saturated rings. The molecule has 21 heavy (non-hydrogen) atoms. The molecule has 3 rings (SSSR count). The van der Waals surface area contributed by atoms with Gasteiger partial charge in [0.25, 0.3) is 0 Å². The summed E-state index contributed by atoms with van der Waals surface area (Å²) in [5.41, 5.74) is 0.759. The molecular formula is C14H18ClFN4O. The standard InChI is InChI=1S/C14H17FN4O.ClH/c1-10-8-16-6-7-19(10)9-13-17-14(18-20-13)11-2-4-12(15)5-3-11;/h2-5,10,16H,6-9H2,1H3;1H/t10-;/m1./s1. The molecule has 7 heteroatoms. The second-order valence-electron chi connectivity index (χ2n) is 5.04. The monoisotopic (exact) mass is 312 g/mol. The van der Waals surface area contributed by atoms with E-state index < -0.39 is 0 Å². The first-order chi connectivity index (χ1) is 9.72. The SMILES string of the molecule is C[C@@H]1CNCCN1Cc1nc(-c2ccc(F)cc2)no1.Cl. The molecule has 0 unspecified atom stereocenters. The molecule has 114 valence electrons. The molecule has 0 radical (unpaired) electrons. The summed E-state index contributed by atoms with van der Waals surface area (Å²) in [5.74, 6) is 0.827. The van der Waals surface area contributed by atoms with E-state index >= 15 is 0 Å². The third-order valence-corrected chi connectivity index (χ3v) is 3.55. The maximum absolute atomic E-state index is 12.9. The van der Waals surface area contributed by atoms with E-state index in [9.17, 15) is 4.39 Å². The second-order valence-corrected chi connectivity index (χ2v) is 5.04. The number of nitrogens with one attached hydrogen (secondary N) is 1. The van der Waals surface area contributed by atoms with Gasteiger partial charge in [-0.05, 0) is 31.2 Å². The molecule has 0 saturated carbocycles. The molecule has 1 aromatic heterocycles. The van der Waals surface area contributed by atoms with Crippen molar-refractivity contribution in [2.45, 2.75) is 19.5 Å². The zero-order chi connectivity index (χ0) is 13.9. The van der Waals surface area contributed by atoms with Crippen LogP contribution in [0.4, 0.5) is 4.39 Å². The number of aromatic nitrogens is 2. The van der Waals surface area contributed by atoms with Gasteiger partial charge in [-0.2, -0.15) is 4.98 Å². The predicted octanol–water partition coefficient (Wildman–Crippen LogP) is 2.09. The van der Waals surface area contributed by atoms with Gasteiger partial charge in [0, 0.05) is 31.2 Å². The maximum Gasteiger partial charge on any atom is 0.241 e. The molecule has 1 aliphatic heterocycles. The smallest absolute Gasteiger partial charge is 0.241 e. The molecule has 5 nitrogen and oxygen atoms in total. The third kappa shape index (κ3) is 3.78. The van der Waals surface area contributed by atoms with Crippen molar-refractivity contribution in [1.82, 2.24) is 20.4 Å². The molecule has 1 N–H and O–H groups in total. The lowest BCUT2D eigenvalue weighted by Crippen LogP contribution is -2.49. The molecule has 0 bridgehead atoms. The van der Waals surface area contributed by atoms with Gasteiger partial charge in [-0.25, -0.2) is 4.39 Å². The van der Waals surface area contributed by atoms with Crippen molar-refractivity contribution < 1.29 is 8.91 Å². The molecule has 1 aromatic carbocycles. The Labute approximate surface area is 128 Å². The fourth-order valence-corrected chi connectivity index (χ4v) is 2.33. The van der Waals surface area contributed by atoms with Crippen LogP contribution in [0.5, 0.6) is 0 Å². The lowest BCUT2D eigenvalue weighted by Gasteiger charge is -2.32. The van der Waals surface area contributed by atoms with Crippen molar-refractivity contribution in [3.63, 3.8) is 0 Å². The van der Waals surface area contributed by atoms with Crippen LogP contribution >= 0.6 is 12.4 Å². The molecule has 1 saturated heterocycles. The molecule has 0 spiro atoms. The van der Waals surface area contributed by atoms with Crippen LogP contribution in [-0.2, 0) is 6.54 Å². The lowest BCUT2D eigenvalue weighted by molar-refractivity contribution is 0.146. The number of nitrogens with zero attached hydrogens (tertiary/aromatic N) is 3. The largest absolute Gasteiger partial charge is 0.338 e. The highest BCUT2D eigenvalue weighted by Crippen LogP contribution is 2.17. The van der Waals surface area contributed by atoms with E-state index in [0.29, 0.717) is 24.3 Å². The fourth-order valence-electron chi connectivity index (χ4n) is 2.33. The van der Waals surface area contributed by atoms with Gasteiger partial charge in [0.05, 0.1) is 6.54 Å². The van der Waals surface area contributed by atoms with E-state index in [0.717, 1.165) is 25.2 Å². The third-order valence-electron chi connectivity index (χ3n) is 3.55. The number of hydrogen-bond acceptors (Lipinski definition) is 5. The Hall–Kier alpha value is -1.50. The van der Waals surface area contributed by atoms with Crippen molar-refractivity contribution in [3.8, 4) is 11.4 Å². The van der Waals surface area contributed by atoms with Gasteiger partial charge >= 0.3 is 0 Å². The first-order valence-corrected chi connectivity index (χ1v) is 6.75. The van der Waals surface area contributed by atoms with Crippen LogP contribution in [0.3, 0.4) is 0 Å². The summed E-state index contributed by atoms with van der Waals surface area (Å²) >= 11 is 0. The first kappa shape index (κ1) is 15.9. The normalized spacial score (nSPS) is 19.2. The Bertz CT molecular complexity index is 575. The van der Waals surface area contributed by atoms with Crippen LogP contribution in [0.2, 0.25) is 0 Å². The van der Waals surface area contributed by atoms with E-state index in [-0.39, 0.29) is 18.2 Å². The Balaban J connectivity index is 0.00000161. The van der Waals surface area contributed by atoms with Crippen LogP contribution < -0.4 is 5.32 Å².